The van der Waals surface area contributed by atoms with E-state index in [4.69, 9.17) is 10.5 Å². The Bertz CT molecular complexity index is 343. The van der Waals surface area contributed by atoms with Crippen molar-refractivity contribution in [1.29, 1.82) is 0 Å². The van der Waals surface area contributed by atoms with Gasteiger partial charge in [0.1, 0.15) is 17.5 Å². The first-order chi connectivity index (χ1) is 7.65. The Morgan fingerprint density at radius 3 is 3.00 bits per heavy atom. The van der Waals surface area contributed by atoms with E-state index in [1.54, 1.807) is 6.07 Å². The number of rotatable bonds is 3. The number of aromatic nitrogens is 2. The molecule has 0 aliphatic carbocycles. The van der Waals surface area contributed by atoms with E-state index in [1.807, 2.05) is 14.0 Å². The van der Waals surface area contributed by atoms with Crippen LogP contribution in [0, 0.1) is 6.92 Å². The Morgan fingerprint density at radius 2 is 2.38 bits per heavy atom. The molecule has 2 N–H and O–H groups in total. The fraction of sp³-hybridized carbons (Fsp3) is 0.636. The fourth-order valence-corrected chi connectivity index (χ4v) is 1.96. The van der Waals surface area contributed by atoms with Crippen molar-refractivity contribution in [2.24, 2.45) is 0 Å². The summed E-state index contributed by atoms with van der Waals surface area (Å²) in [5, 5.41) is 0. The summed E-state index contributed by atoms with van der Waals surface area (Å²) in [6.45, 7) is 3.58. The van der Waals surface area contributed by atoms with Crippen molar-refractivity contribution in [2.75, 3.05) is 30.8 Å². The molecule has 0 radical (unpaired) electrons. The number of ether oxygens (including phenoxy) is 1. The van der Waals surface area contributed by atoms with Crippen LogP contribution in [-0.2, 0) is 4.74 Å². The predicted octanol–water partition coefficient (Wildman–Crippen LogP) is 0.982. The first-order valence-electron chi connectivity index (χ1n) is 5.59. The molecule has 0 saturated carbocycles. The van der Waals surface area contributed by atoms with Gasteiger partial charge in [-0.2, -0.15) is 0 Å². The fourth-order valence-electron chi connectivity index (χ4n) is 1.96. The molecule has 1 aromatic heterocycles. The SMILES string of the molecule is Cc1nc(N)cc(N(C)CC2CCCO2)n1. The summed E-state index contributed by atoms with van der Waals surface area (Å²) in [6.07, 6.45) is 2.61. The summed E-state index contributed by atoms with van der Waals surface area (Å²) in [7, 11) is 2.00. The van der Waals surface area contributed by atoms with Gasteiger partial charge in [-0.15, -0.1) is 0 Å². The first kappa shape index (κ1) is 11.1. The molecular weight excluding hydrogens is 204 g/mol. The van der Waals surface area contributed by atoms with E-state index < -0.39 is 0 Å². The molecule has 1 unspecified atom stereocenters. The van der Waals surface area contributed by atoms with Crippen LogP contribution in [0.2, 0.25) is 0 Å². The Kier molecular flexibility index (Phi) is 3.24. The van der Waals surface area contributed by atoms with Crippen molar-refractivity contribution >= 4 is 11.6 Å². The molecule has 5 heteroatoms. The highest BCUT2D eigenvalue weighted by Gasteiger charge is 2.18. The number of hydrogen-bond donors (Lipinski definition) is 1. The Labute approximate surface area is 95.6 Å². The smallest absolute Gasteiger partial charge is 0.134 e. The highest BCUT2D eigenvalue weighted by molar-refractivity contribution is 5.46. The van der Waals surface area contributed by atoms with Gasteiger partial charge in [-0.1, -0.05) is 0 Å². The maximum absolute atomic E-state index is 5.70. The average Bonchev–Trinajstić information content (AvgIpc) is 2.68. The molecular formula is C11H18N4O. The van der Waals surface area contributed by atoms with Crippen LogP contribution < -0.4 is 10.6 Å². The minimum atomic E-state index is 0.321. The summed E-state index contributed by atoms with van der Waals surface area (Å²) in [4.78, 5) is 10.5. The van der Waals surface area contributed by atoms with E-state index in [0.29, 0.717) is 17.7 Å². The van der Waals surface area contributed by atoms with Gasteiger partial charge in [0.05, 0.1) is 6.10 Å². The molecule has 0 aromatic carbocycles. The van der Waals surface area contributed by atoms with Crippen LogP contribution >= 0.6 is 0 Å². The van der Waals surface area contributed by atoms with Gasteiger partial charge in [-0.3, -0.25) is 0 Å². The average molecular weight is 222 g/mol. The third kappa shape index (κ3) is 2.61. The summed E-state index contributed by atoms with van der Waals surface area (Å²) < 4.78 is 5.59. The van der Waals surface area contributed by atoms with Crippen LogP contribution in [0.4, 0.5) is 11.6 Å². The largest absolute Gasteiger partial charge is 0.384 e. The quantitative estimate of drug-likeness (QED) is 0.826. The van der Waals surface area contributed by atoms with E-state index in [2.05, 4.69) is 14.9 Å². The second-order valence-electron chi connectivity index (χ2n) is 4.21. The molecule has 1 aromatic rings. The van der Waals surface area contributed by atoms with E-state index in [9.17, 15) is 0 Å². The molecule has 88 valence electrons. The lowest BCUT2D eigenvalue weighted by Gasteiger charge is -2.22. The lowest BCUT2D eigenvalue weighted by molar-refractivity contribution is 0.116. The van der Waals surface area contributed by atoms with E-state index in [-0.39, 0.29) is 0 Å². The van der Waals surface area contributed by atoms with Crippen LogP contribution in [0.15, 0.2) is 6.07 Å². The minimum absolute atomic E-state index is 0.321. The molecule has 0 spiro atoms. The zero-order valence-corrected chi connectivity index (χ0v) is 9.81. The molecule has 1 aliphatic heterocycles. The number of aryl methyl sites for hydroxylation is 1. The van der Waals surface area contributed by atoms with Crippen molar-refractivity contribution in [1.82, 2.24) is 9.97 Å². The van der Waals surface area contributed by atoms with Gasteiger partial charge < -0.3 is 15.4 Å². The van der Waals surface area contributed by atoms with Gasteiger partial charge in [-0.25, -0.2) is 9.97 Å². The van der Waals surface area contributed by atoms with Gasteiger partial charge in [0.2, 0.25) is 0 Å². The Balaban J connectivity index is 2.04. The van der Waals surface area contributed by atoms with Gasteiger partial charge in [0.15, 0.2) is 0 Å². The van der Waals surface area contributed by atoms with Crippen LogP contribution in [0.1, 0.15) is 18.7 Å². The molecule has 0 bridgehead atoms. The minimum Gasteiger partial charge on any atom is -0.384 e. The van der Waals surface area contributed by atoms with E-state index in [0.717, 1.165) is 31.8 Å². The first-order valence-corrected chi connectivity index (χ1v) is 5.59. The van der Waals surface area contributed by atoms with Gasteiger partial charge in [-0.05, 0) is 19.8 Å². The van der Waals surface area contributed by atoms with E-state index in [1.165, 1.54) is 0 Å². The second-order valence-corrected chi connectivity index (χ2v) is 4.21. The van der Waals surface area contributed by atoms with Crippen molar-refractivity contribution in [2.45, 2.75) is 25.9 Å². The monoisotopic (exact) mass is 222 g/mol. The third-order valence-corrected chi connectivity index (χ3v) is 2.74. The summed E-state index contributed by atoms with van der Waals surface area (Å²) in [5.74, 6) is 2.08. The molecule has 2 heterocycles. The standard InChI is InChI=1S/C11H18N4O/c1-8-13-10(12)6-11(14-8)15(2)7-9-4-3-5-16-9/h6,9H,3-5,7H2,1-2H3,(H2,12,13,14). The Hall–Kier alpha value is -1.36. The number of nitrogens with two attached hydrogens (primary N) is 1. The predicted molar refractivity (Wildman–Crippen MR) is 63.4 cm³/mol. The number of likely N-dealkylation sites (N-methyl/N-ethyl adjacent to an activating group) is 1. The number of hydrogen-bond acceptors (Lipinski definition) is 5. The topological polar surface area (TPSA) is 64.3 Å². The van der Waals surface area contributed by atoms with Crippen LogP contribution in [0.3, 0.4) is 0 Å². The van der Waals surface area contributed by atoms with Crippen molar-refractivity contribution in [3.63, 3.8) is 0 Å². The third-order valence-electron chi connectivity index (χ3n) is 2.74. The van der Waals surface area contributed by atoms with Gasteiger partial charge in [0, 0.05) is 26.3 Å². The molecule has 1 saturated heterocycles. The van der Waals surface area contributed by atoms with Crippen molar-refractivity contribution in [3.8, 4) is 0 Å². The second kappa shape index (κ2) is 4.65. The Morgan fingerprint density at radius 1 is 1.56 bits per heavy atom. The molecule has 0 amide bonds. The van der Waals surface area contributed by atoms with Crippen LogP contribution in [0.25, 0.3) is 0 Å². The maximum atomic E-state index is 5.70. The molecule has 1 fully saturated rings. The van der Waals surface area contributed by atoms with Crippen LogP contribution in [-0.4, -0.2) is 36.3 Å². The summed E-state index contributed by atoms with van der Waals surface area (Å²) in [6, 6.07) is 1.79. The highest BCUT2D eigenvalue weighted by Crippen LogP contribution is 2.17. The van der Waals surface area contributed by atoms with Gasteiger partial charge in [0.25, 0.3) is 0 Å². The normalized spacial score (nSPS) is 20.0. The highest BCUT2D eigenvalue weighted by atomic mass is 16.5. The van der Waals surface area contributed by atoms with Crippen molar-refractivity contribution in [3.05, 3.63) is 11.9 Å². The number of nitrogen functional groups attached to an aromatic ring is 1. The van der Waals surface area contributed by atoms with Gasteiger partial charge >= 0.3 is 0 Å². The van der Waals surface area contributed by atoms with Crippen LogP contribution in [0.5, 0.6) is 0 Å². The zero-order valence-electron chi connectivity index (χ0n) is 9.81. The lowest BCUT2D eigenvalue weighted by atomic mass is 10.2. The van der Waals surface area contributed by atoms with E-state index >= 15 is 0 Å². The number of anilines is 2. The molecule has 5 nitrogen and oxygen atoms in total. The number of nitrogens with zero attached hydrogens (tertiary/aromatic N) is 3. The maximum Gasteiger partial charge on any atom is 0.134 e. The molecule has 1 atom stereocenters. The lowest BCUT2D eigenvalue weighted by Crippen LogP contribution is -2.29. The molecule has 16 heavy (non-hydrogen) atoms. The zero-order chi connectivity index (χ0) is 11.5. The summed E-state index contributed by atoms with van der Waals surface area (Å²) in [5.41, 5.74) is 5.70. The molecule has 2 rings (SSSR count). The molecule has 1 aliphatic rings. The van der Waals surface area contributed by atoms with Crippen molar-refractivity contribution < 1.29 is 4.74 Å². The summed E-state index contributed by atoms with van der Waals surface area (Å²) >= 11 is 0.